The van der Waals surface area contributed by atoms with Crippen molar-refractivity contribution in [3.05, 3.63) is 53.6 Å². The van der Waals surface area contributed by atoms with Crippen LogP contribution in [0.5, 0.6) is 0 Å². The molecule has 1 amide bonds. The Balaban J connectivity index is 1.81. The first kappa shape index (κ1) is 14.1. The summed E-state index contributed by atoms with van der Waals surface area (Å²) in [5.74, 6) is 0.217. The molecule has 0 saturated heterocycles. The summed E-state index contributed by atoms with van der Waals surface area (Å²) in [6.07, 6.45) is 0. The number of amides is 1. The zero-order valence-corrected chi connectivity index (χ0v) is 12.6. The first-order valence-corrected chi connectivity index (χ1v) is 7.12. The standard InChI is InChI=1S/C17H18N4O/c1-11-7-8-13(9-12(11)2)19-16(22)10-21-15-6-4-3-5-14(15)20-17(21)18/h3-9H,10H2,1-2H3,(H2,18,20)(H,19,22). The molecule has 22 heavy (non-hydrogen) atoms. The summed E-state index contributed by atoms with van der Waals surface area (Å²) in [4.78, 5) is 16.5. The van der Waals surface area contributed by atoms with Crippen LogP contribution in [0.2, 0.25) is 0 Å². The summed E-state index contributed by atoms with van der Waals surface area (Å²) in [7, 11) is 0. The fourth-order valence-corrected chi connectivity index (χ4v) is 2.42. The molecule has 0 aliphatic rings. The largest absolute Gasteiger partial charge is 0.369 e. The summed E-state index contributed by atoms with van der Waals surface area (Å²) < 4.78 is 1.71. The third-order valence-corrected chi connectivity index (χ3v) is 3.78. The summed E-state index contributed by atoms with van der Waals surface area (Å²) in [6, 6.07) is 13.4. The molecule has 0 unspecified atom stereocenters. The molecule has 0 bridgehead atoms. The van der Waals surface area contributed by atoms with E-state index in [0.29, 0.717) is 5.95 Å². The number of para-hydroxylation sites is 2. The van der Waals surface area contributed by atoms with Crippen molar-refractivity contribution in [1.82, 2.24) is 9.55 Å². The predicted molar refractivity (Wildman–Crippen MR) is 88.7 cm³/mol. The monoisotopic (exact) mass is 294 g/mol. The van der Waals surface area contributed by atoms with E-state index < -0.39 is 0 Å². The van der Waals surface area contributed by atoms with Crippen molar-refractivity contribution in [2.45, 2.75) is 20.4 Å². The summed E-state index contributed by atoms with van der Waals surface area (Å²) in [5.41, 5.74) is 10.7. The van der Waals surface area contributed by atoms with Gasteiger partial charge in [-0.2, -0.15) is 0 Å². The van der Waals surface area contributed by atoms with Crippen molar-refractivity contribution < 1.29 is 4.79 Å². The zero-order valence-electron chi connectivity index (χ0n) is 12.6. The van der Waals surface area contributed by atoms with Crippen molar-refractivity contribution >= 4 is 28.6 Å². The van der Waals surface area contributed by atoms with Crippen LogP contribution in [0.1, 0.15) is 11.1 Å². The molecular formula is C17H18N4O. The van der Waals surface area contributed by atoms with Gasteiger partial charge in [0.25, 0.3) is 0 Å². The molecule has 1 aromatic heterocycles. The molecule has 0 saturated carbocycles. The van der Waals surface area contributed by atoms with E-state index in [2.05, 4.69) is 10.3 Å². The number of fused-ring (bicyclic) bond motifs is 1. The second-order valence-electron chi connectivity index (χ2n) is 5.39. The molecule has 5 nitrogen and oxygen atoms in total. The van der Waals surface area contributed by atoms with Gasteiger partial charge in [-0.25, -0.2) is 4.98 Å². The highest BCUT2D eigenvalue weighted by atomic mass is 16.1. The Hall–Kier alpha value is -2.82. The Bertz CT molecular complexity index is 851. The minimum atomic E-state index is -0.127. The number of hydrogen-bond donors (Lipinski definition) is 2. The summed E-state index contributed by atoms with van der Waals surface area (Å²) in [5, 5.41) is 2.90. The number of carbonyl (C=O) groups excluding carboxylic acids is 1. The molecule has 0 fully saturated rings. The van der Waals surface area contributed by atoms with Gasteiger partial charge in [-0.3, -0.25) is 4.79 Å². The highest BCUT2D eigenvalue weighted by molar-refractivity contribution is 5.92. The molecule has 0 spiro atoms. The zero-order chi connectivity index (χ0) is 15.7. The number of aryl methyl sites for hydroxylation is 2. The Morgan fingerprint density at radius 2 is 1.95 bits per heavy atom. The second-order valence-corrected chi connectivity index (χ2v) is 5.39. The highest BCUT2D eigenvalue weighted by Crippen LogP contribution is 2.18. The van der Waals surface area contributed by atoms with E-state index in [1.54, 1.807) is 4.57 Å². The molecule has 2 aromatic carbocycles. The van der Waals surface area contributed by atoms with E-state index in [0.717, 1.165) is 22.3 Å². The predicted octanol–water partition coefficient (Wildman–Crippen LogP) is 2.87. The van der Waals surface area contributed by atoms with Crippen LogP contribution < -0.4 is 11.1 Å². The van der Waals surface area contributed by atoms with E-state index in [-0.39, 0.29) is 12.5 Å². The molecule has 0 radical (unpaired) electrons. The van der Waals surface area contributed by atoms with Crippen LogP contribution in [-0.2, 0) is 11.3 Å². The lowest BCUT2D eigenvalue weighted by Gasteiger charge is -2.09. The lowest BCUT2D eigenvalue weighted by atomic mass is 10.1. The van der Waals surface area contributed by atoms with Crippen molar-refractivity contribution in [1.29, 1.82) is 0 Å². The maximum absolute atomic E-state index is 12.3. The second kappa shape index (κ2) is 5.52. The number of benzene rings is 2. The topological polar surface area (TPSA) is 72.9 Å². The van der Waals surface area contributed by atoms with E-state index in [9.17, 15) is 4.79 Å². The van der Waals surface area contributed by atoms with Gasteiger partial charge >= 0.3 is 0 Å². The van der Waals surface area contributed by atoms with Crippen LogP contribution in [0.4, 0.5) is 11.6 Å². The highest BCUT2D eigenvalue weighted by Gasteiger charge is 2.11. The fraction of sp³-hybridized carbons (Fsp3) is 0.176. The van der Waals surface area contributed by atoms with Gasteiger partial charge in [-0.1, -0.05) is 18.2 Å². The van der Waals surface area contributed by atoms with Gasteiger partial charge in [-0.05, 0) is 49.2 Å². The van der Waals surface area contributed by atoms with Gasteiger partial charge in [0, 0.05) is 5.69 Å². The molecule has 112 valence electrons. The summed E-state index contributed by atoms with van der Waals surface area (Å²) >= 11 is 0. The minimum absolute atomic E-state index is 0.127. The SMILES string of the molecule is Cc1ccc(NC(=O)Cn2c(N)nc3ccccc32)cc1C. The number of carbonyl (C=O) groups is 1. The Labute approximate surface area is 128 Å². The van der Waals surface area contributed by atoms with E-state index in [1.807, 2.05) is 56.3 Å². The van der Waals surface area contributed by atoms with Crippen LogP contribution in [0.3, 0.4) is 0 Å². The fourth-order valence-electron chi connectivity index (χ4n) is 2.42. The van der Waals surface area contributed by atoms with Crippen LogP contribution in [-0.4, -0.2) is 15.5 Å². The van der Waals surface area contributed by atoms with Crippen molar-refractivity contribution in [3.8, 4) is 0 Å². The van der Waals surface area contributed by atoms with E-state index >= 15 is 0 Å². The lowest BCUT2D eigenvalue weighted by molar-refractivity contribution is -0.116. The molecule has 0 aliphatic heterocycles. The van der Waals surface area contributed by atoms with Crippen molar-refractivity contribution in [2.75, 3.05) is 11.1 Å². The van der Waals surface area contributed by atoms with Gasteiger partial charge in [0.1, 0.15) is 6.54 Å². The Morgan fingerprint density at radius 1 is 1.18 bits per heavy atom. The first-order valence-electron chi connectivity index (χ1n) is 7.12. The number of nitrogen functional groups attached to an aromatic ring is 1. The maximum atomic E-state index is 12.3. The van der Waals surface area contributed by atoms with Crippen LogP contribution in [0.25, 0.3) is 11.0 Å². The molecule has 3 rings (SSSR count). The summed E-state index contributed by atoms with van der Waals surface area (Å²) in [6.45, 7) is 4.20. The smallest absolute Gasteiger partial charge is 0.244 e. The Morgan fingerprint density at radius 3 is 2.73 bits per heavy atom. The number of nitrogens with two attached hydrogens (primary N) is 1. The molecule has 0 atom stereocenters. The van der Waals surface area contributed by atoms with Crippen LogP contribution >= 0.6 is 0 Å². The van der Waals surface area contributed by atoms with E-state index in [1.165, 1.54) is 5.56 Å². The number of nitrogens with one attached hydrogen (secondary N) is 1. The maximum Gasteiger partial charge on any atom is 0.244 e. The lowest BCUT2D eigenvalue weighted by Crippen LogP contribution is -2.19. The average Bonchev–Trinajstić information content (AvgIpc) is 2.79. The molecule has 5 heteroatoms. The Kier molecular flexibility index (Phi) is 3.55. The van der Waals surface area contributed by atoms with Gasteiger partial charge < -0.3 is 15.6 Å². The number of aromatic nitrogens is 2. The van der Waals surface area contributed by atoms with Gasteiger partial charge in [-0.15, -0.1) is 0 Å². The van der Waals surface area contributed by atoms with Crippen molar-refractivity contribution in [3.63, 3.8) is 0 Å². The quantitative estimate of drug-likeness (QED) is 0.780. The van der Waals surface area contributed by atoms with Crippen LogP contribution in [0.15, 0.2) is 42.5 Å². The number of imidazole rings is 1. The molecular weight excluding hydrogens is 276 g/mol. The molecule has 1 heterocycles. The van der Waals surface area contributed by atoms with Gasteiger partial charge in [0.2, 0.25) is 11.9 Å². The van der Waals surface area contributed by atoms with Crippen molar-refractivity contribution in [2.24, 2.45) is 0 Å². The normalized spacial score (nSPS) is 10.8. The number of rotatable bonds is 3. The van der Waals surface area contributed by atoms with Gasteiger partial charge in [0.15, 0.2) is 0 Å². The molecule has 3 N–H and O–H groups in total. The first-order chi connectivity index (χ1) is 10.5. The third-order valence-electron chi connectivity index (χ3n) is 3.78. The third kappa shape index (κ3) is 2.65. The number of anilines is 2. The van der Waals surface area contributed by atoms with E-state index in [4.69, 9.17) is 5.73 Å². The van der Waals surface area contributed by atoms with Crippen LogP contribution in [0, 0.1) is 13.8 Å². The number of nitrogens with zero attached hydrogens (tertiary/aromatic N) is 2. The van der Waals surface area contributed by atoms with Gasteiger partial charge in [0.05, 0.1) is 11.0 Å². The molecule has 3 aromatic rings. The number of hydrogen-bond acceptors (Lipinski definition) is 3. The minimum Gasteiger partial charge on any atom is -0.369 e. The average molecular weight is 294 g/mol. The molecule has 0 aliphatic carbocycles.